The quantitative estimate of drug-likeness (QED) is 0.108. The SMILES string of the molecule is CC.CNC(=O)OCC1OC1COC.CNC(CO)C(O)COC.COCC(O)C1COC(=O)N1C.COCC1OC1CO. The first-order valence-corrected chi connectivity index (χ1v) is 14.3. The molecule has 6 N–H and O–H groups in total. The van der Waals surface area contributed by atoms with E-state index in [4.69, 9.17) is 48.5 Å². The lowest BCUT2D eigenvalue weighted by molar-refractivity contribution is 0.0223. The van der Waals surface area contributed by atoms with Crippen molar-refractivity contribution in [1.29, 1.82) is 0 Å². The average molecular weight is 648 g/mol. The van der Waals surface area contributed by atoms with Crippen molar-refractivity contribution < 1.29 is 67.9 Å². The maximum Gasteiger partial charge on any atom is 0.410 e. The zero-order valence-electron chi connectivity index (χ0n) is 27.6. The fourth-order valence-corrected chi connectivity index (χ4v) is 3.37. The zero-order valence-corrected chi connectivity index (χ0v) is 27.6. The van der Waals surface area contributed by atoms with Crippen LogP contribution in [0.1, 0.15) is 13.8 Å². The van der Waals surface area contributed by atoms with Gasteiger partial charge in [0.1, 0.15) is 43.7 Å². The molecule has 8 atom stereocenters. The Bertz CT molecular complexity index is 707. The number of epoxide rings is 2. The number of aliphatic hydroxyl groups excluding tert-OH is 4. The van der Waals surface area contributed by atoms with Gasteiger partial charge in [-0.25, -0.2) is 9.59 Å². The summed E-state index contributed by atoms with van der Waals surface area (Å²) in [5.41, 5.74) is 0. The minimum atomic E-state index is -0.675. The second-order valence-electron chi connectivity index (χ2n) is 9.25. The van der Waals surface area contributed by atoms with E-state index in [1.165, 1.54) is 26.2 Å². The normalized spacial score (nSPS) is 24.6. The lowest BCUT2D eigenvalue weighted by Crippen LogP contribution is -2.42. The molecule has 264 valence electrons. The van der Waals surface area contributed by atoms with E-state index in [1.54, 1.807) is 28.3 Å². The molecule has 17 heteroatoms. The van der Waals surface area contributed by atoms with Crippen LogP contribution in [0.4, 0.5) is 9.59 Å². The Hall–Kier alpha value is -1.90. The van der Waals surface area contributed by atoms with Crippen molar-refractivity contribution in [2.45, 2.75) is 62.6 Å². The van der Waals surface area contributed by atoms with E-state index in [9.17, 15) is 14.7 Å². The summed E-state index contributed by atoms with van der Waals surface area (Å²) < 4.78 is 38.6. The number of methoxy groups -OCH3 is 4. The summed E-state index contributed by atoms with van der Waals surface area (Å²) in [5.74, 6) is 0. The number of rotatable bonds is 15. The standard InChI is InChI=1S/2C7H13NO4.C6H15NO3.C5H10O3.C2H6/c1-8-7(9)11-4-6-5(12-6)3-10-2;1-8-5(3-12-7(8)10)6(9)4-11-2;1-7-5(3-8)6(9)4-10-2;1-7-3-5-4(2-6)8-5;1-2/h5-6H,3-4H2,1-2H3,(H,8,9);5-6,9H,3-4H2,1-2H3;5-9H,3-4H2,1-2H3;4-6H,2-3H2,1H3;1-2H3. The lowest BCUT2D eigenvalue weighted by Gasteiger charge is -2.20. The van der Waals surface area contributed by atoms with E-state index < -0.39 is 24.4 Å². The van der Waals surface area contributed by atoms with Crippen LogP contribution in [0.25, 0.3) is 0 Å². The molecule has 2 amide bonds. The van der Waals surface area contributed by atoms with Gasteiger partial charge in [0.05, 0.1) is 57.8 Å². The van der Waals surface area contributed by atoms with Crippen molar-refractivity contribution in [3.8, 4) is 0 Å². The Morgan fingerprint density at radius 2 is 1.43 bits per heavy atom. The largest absolute Gasteiger partial charge is 0.447 e. The molecule has 0 aliphatic carbocycles. The molecular formula is C27H57N3O14. The molecule has 0 aromatic heterocycles. The number of nitrogens with one attached hydrogen (secondary N) is 2. The number of amides is 2. The number of cyclic esters (lactones) is 1. The highest BCUT2D eigenvalue weighted by Crippen LogP contribution is 2.22. The molecule has 3 fully saturated rings. The van der Waals surface area contributed by atoms with Crippen molar-refractivity contribution in [2.24, 2.45) is 0 Å². The molecule has 3 aliphatic heterocycles. The van der Waals surface area contributed by atoms with Crippen LogP contribution in [-0.2, 0) is 37.9 Å². The fraction of sp³-hybridized carbons (Fsp3) is 0.926. The minimum absolute atomic E-state index is 0.0160. The van der Waals surface area contributed by atoms with Crippen LogP contribution in [0, 0.1) is 0 Å². The topological polar surface area (TPSA) is 223 Å². The summed E-state index contributed by atoms with van der Waals surface area (Å²) in [6.45, 7) is 6.19. The van der Waals surface area contributed by atoms with Crippen LogP contribution in [0.15, 0.2) is 0 Å². The molecule has 3 saturated heterocycles. The molecule has 0 spiro atoms. The van der Waals surface area contributed by atoms with E-state index in [1.807, 2.05) is 13.8 Å². The molecule has 0 aromatic carbocycles. The van der Waals surface area contributed by atoms with Gasteiger partial charge in [-0.3, -0.25) is 0 Å². The van der Waals surface area contributed by atoms with Gasteiger partial charge in [0.15, 0.2) is 0 Å². The maximum atomic E-state index is 10.8. The third-order valence-corrected chi connectivity index (χ3v) is 6.11. The molecule has 17 nitrogen and oxygen atoms in total. The summed E-state index contributed by atoms with van der Waals surface area (Å²) in [6, 6.07) is -0.572. The number of carbonyl (C=O) groups excluding carboxylic acids is 2. The molecule has 3 heterocycles. The highest BCUT2D eigenvalue weighted by molar-refractivity contribution is 5.69. The molecular weight excluding hydrogens is 590 g/mol. The summed E-state index contributed by atoms with van der Waals surface area (Å²) in [5, 5.41) is 40.8. The lowest BCUT2D eigenvalue weighted by atomic mass is 10.2. The van der Waals surface area contributed by atoms with Crippen LogP contribution in [-0.4, -0.2) is 189 Å². The van der Waals surface area contributed by atoms with Gasteiger partial charge in [0.2, 0.25) is 0 Å². The van der Waals surface area contributed by atoms with Crippen LogP contribution in [0.5, 0.6) is 0 Å². The second-order valence-corrected chi connectivity index (χ2v) is 9.25. The fourth-order valence-electron chi connectivity index (χ4n) is 3.37. The van der Waals surface area contributed by atoms with Crippen molar-refractivity contribution in [2.75, 3.05) is 102 Å². The summed E-state index contributed by atoms with van der Waals surface area (Å²) in [7, 11) is 11.0. The number of ether oxygens (including phenoxy) is 8. The molecule has 44 heavy (non-hydrogen) atoms. The highest BCUT2D eigenvalue weighted by Gasteiger charge is 2.40. The number of hydrogen-bond donors (Lipinski definition) is 6. The van der Waals surface area contributed by atoms with E-state index >= 15 is 0 Å². The predicted octanol–water partition coefficient (Wildman–Crippen LogP) is -1.81. The Morgan fingerprint density at radius 1 is 0.909 bits per heavy atom. The first kappa shape index (κ1) is 44.2. The minimum Gasteiger partial charge on any atom is -0.447 e. The van der Waals surface area contributed by atoms with Gasteiger partial charge < -0.3 is 73.9 Å². The van der Waals surface area contributed by atoms with E-state index in [-0.39, 0.29) is 69.5 Å². The van der Waals surface area contributed by atoms with Crippen molar-refractivity contribution >= 4 is 12.2 Å². The van der Waals surface area contributed by atoms with Crippen LogP contribution < -0.4 is 10.6 Å². The van der Waals surface area contributed by atoms with Gasteiger partial charge in [-0.05, 0) is 7.05 Å². The Balaban J connectivity index is 0. The molecule has 0 saturated carbocycles. The average Bonchev–Trinajstić information content (AvgIpc) is 3.94. The van der Waals surface area contributed by atoms with Gasteiger partial charge in [0.25, 0.3) is 0 Å². The Kier molecular flexibility index (Phi) is 27.6. The number of carbonyl (C=O) groups is 2. The van der Waals surface area contributed by atoms with E-state index in [2.05, 4.69) is 15.4 Å². The van der Waals surface area contributed by atoms with Gasteiger partial charge >= 0.3 is 12.2 Å². The highest BCUT2D eigenvalue weighted by atomic mass is 16.6. The van der Waals surface area contributed by atoms with Gasteiger partial charge in [-0.1, -0.05) is 13.8 Å². The first-order chi connectivity index (χ1) is 21.1. The first-order valence-electron chi connectivity index (χ1n) is 14.3. The molecule has 3 rings (SSSR count). The Morgan fingerprint density at radius 3 is 1.82 bits per heavy atom. The number of likely N-dealkylation sites (N-methyl/N-ethyl adjacent to an activating group) is 2. The summed E-state index contributed by atoms with van der Waals surface area (Å²) in [4.78, 5) is 22.8. The molecule has 3 aliphatic rings. The molecule has 0 bridgehead atoms. The smallest absolute Gasteiger partial charge is 0.410 e. The van der Waals surface area contributed by atoms with E-state index in [0.717, 1.165) is 0 Å². The van der Waals surface area contributed by atoms with E-state index in [0.29, 0.717) is 19.8 Å². The summed E-state index contributed by atoms with van der Waals surface area (Å²) in [6.07, 6.45) is -1.81. The molecule has 0 aromatic rings. The number of aliphatic hydroxyl groups is 4. The predicted molar refractivity (Wildman–Crippen MR) is 159 cm³/mol. The number of alkyl carbamates (subject to hydrolysis) is 1. The second kappa shape index (κ2) is 27.4. The van der Waals surface area contributed by atoms with Crippen LogP contribution in [0.3, 0.4) is 0 Å². The third-order valence-electron chi connectivity index (χ3n) is 6.11. The van der Waals surface area contributed by atoms with Crippen molar-refractivity contribution in [3.63, 3.8) is 0 Å². The molecule has 8 unspecified atom stereocenters. The maximum absolute atomic E-state index is 10.8. The number of nitrogens with zero attached hydrogens (tertiary/aromatic N) is 1. The zero-order chi connectivity index (χ0) is 34.1. The third kappa shape index (κ3) is 19.5. The van der Waals surface area contributed by atoms with Gasteiger partial charge in [-0.15, -0.1) is 0 Å². The van der Waals surface area contributed by atoms with Gasteiger partial charge in [0, 0.05) is 42.5 Å². The number of hydrogen-bond acceptors (Lipinski definition) is 15. The Labute approximate surface area is 261 Å². The summed E-state index contributed by atoms with van der Waals surface area (Å²) >= 11 is 0. The monoisotopic (exact) mass is 647 g/mol. The van der Waals surface area contributed by atoms with Crippen molar-refractivity contribution in [1.82, 2.24) is 15.5 Å². The van der Waals surface area contributed by atoms with Crippen molar-refractivity contribution in [3.05, 3.63) is 0 Å². The molecule has 0 radical (unpaired) electrons. The van der Waals surface area contributed by atoms with Gasteiger partial charge in [-0.2, -0.15) is 0 Å². The van der Waals surface area contributed by atoms with Crippen LogP contribution in [0.2, 0.25) is 0 Å². The van der Waals surface area contributed by atoms with Crippen LogP contribution >= 0.6 is 0 Å².